The number of rotatable bonds is 4. The molecule has 3 rings (SSSR count). The lowest BCUT2D eigenvalue weighted by molar-refractivity contribution is -0.132. The molecular formula is C15H19N7O2. The predicted octanol–water partition coefficient (Wildman–Crippen LogP) is 0.723. The van der Waals surface area contributed by atoms with Crippen molar-refractivity contribution in [2.75, 3.05) is 18.4 Å². The lowest BCUT2D eigenvalue weighted by Gasteiger charge is -2.19. The van der Waals surface area contributed by atoms with E-state index in [1.807, 2.05) is 4.90 Å². The van der Waals surface area contributed by atoms with Gasteiger partial charge in [-0.15, -0.1) is 5.10 Å². The van der Waals surface area contributed by atoms with Gasteiger partial charge in [0.25, 0.3) is 5.91 Å². The Kier molecular flexibility index (Phi) is 5.09. The van der Waals surface area contributed by atoms with Crippen LogP contribution in [0.25, 0.3) is 0 Å². The van der Waals surface area contributed by atoms with Gasteiger partial charge in [0.2, 0.25) is 11.9 Å². The summed E-state index contributed by atoms with van der Waals surface area (Å²) < 4.78 is 1.43. The molecule has 0 aromatic carbocycles. The predicted molar refractivity (Wildman–Crippen MR) is 85.1 cm³/mol. The second-order valence-corrected chi connectivity index (χ2v) is 5.61. The van der Waals surface area contributed by atoms with E-state index in [-0.39, 0.29) is 24.1 Å². The maximum Gasteiger partial charge on any atom is 0.278 e. The van der Waals surface area contributed by atoms with Gasteiger partial charge in [-0.25, -0.2) is 14.6 Å². The molecule has 0 spiro atoms. The van der Waals surface area contributed by atoms with Crippen molar-refractivity contribution in [3.63, 3.8) is 0 Å². The SMILES string of the molecule is O=C(Nc1ncn(CC(=O)N2CCCCCC2)n1)c1cnccn1. The number of carbonyl (C=O) groups excluding carboxylic acids is 2. The van der Waals surface area contributed by atoms with Gasteiger partial charge >= 0.3 is 0 Å². The maximum atomic E-state index is 12.3. The molecule has 0 unspecified atom stereocenters. The van der Waals surface area contributed by atoms with Crippen molar-refractivity contribution in [2.24, 2.45) is 0 Å². The van der Waals surface area contributed by atoms with E-state index in [0.717, 1.165) is 25.9 Å². The molecular weight excluding hydrogens is 310 g/mol. The molecule has 9 heteroatoms. The molecule has 0 bridgehead atoms. The molecule has 2 aromatic heterocycles. The Morgan fingerprint density at radius 3 is 2.58 bits per heavy atom. The first-order valence-electron chi connectivity index (χ1n) is 7.97. The average molecular weight is 329 g/mol. The Morgan fingerprint density at radius 2 is 1.88 bits per heavy atom. The Labute approximate surface area is 139 Å². The summed E-state index contributed by atoms with van der Waals surface area (Å²) >= 11 is 0. The molecule has 1 aliphatic heterocycles. The second kappa shape index (κ2) is 7.62. The third-order valence-corrected chi connectivity index (χ3v) is 3.81. The summed E-state index contributed by atoms with van der Waals surface area (Å²) in [5.74, 6) is -0.289. The van der Waals surface area contributed by atoms with Gasteiger partial charge in [-0.3, -0.25) is 19.9 Å². The third kappa shape index (κ3) is 4.12. The van der Waals surface area contributed by atoms with Gasteiger partial charge in [0.1, 0.15) is 18.6 Å². The third-order valence-electron chi connectivity index (χ3n) is 3.81. The molecule has 2 amide bonds. The normalized spacial score (nSPS) is 14.9. The van der Waals surface area contributed by atoms with E-state index in [4.69, 9.17) is 0 Å². The maximum absolute atomic E-state index is 12.3. The molecule has 0 radical (unpaired) electrons. The largest absolute Gasteiger partial charge is 0.341 e. The van der Waals surface area contributed by atoms with E-state index in [2.05, 4.69) is 25.4 Å². The van der Waals surface area contributed by atoms with Crippen LogP contribution in [0.2, 0.25) is 0 Å². The number of carbonyl (C=O) groups is 2. The van der Waals surface area contributed by atoms with Crippen molar-refractivity contribution in [3.05, 3.63) is 30.6 Å². The van der Waals surface area contributed by atoms with E-state index in [1.54, 1.807) is 0 Å². The van der Waals surface area contributed by atoms with Crippen molar-refractivity contribution in [2.45, 2.75) is 32.2 Å². The van der Waals surface area contributed by atoms with Crippen molar-refractivity contribution in [1.82, 2.24) is 29.6 Å². The number of amides is 2. The Hall–Kier alpha value is -2.84. The lowest BCUT2D eigenvalue weighted by atomic mass is 10.2. The zero-order valence-corrected chi connectivity index (χ0v) is 13.3. The summed E-state index contributed by atoms with van der Waals surface area (Å²) in [5, 5.41) is 6.64. The van der Waals surface area contributed by atoms with E-state index in [0.29, 0.717) is 0 Å². The highest BCUT2D eigenvalue weighted by atomic mass is 16.2. The quantitative estimate of drug-likeness (QED) is 0.886. The minimum absolute atomic E-state index is 0.0219. The van der Waals surface area contributed by atoms with Crippen LogP contribution in [0.1, 0.15) is 36.2 Å². The van der Waals surface area contributed by atoms with E-state index in [9.17, 15) is 9.59 Å². The van der Waals surface area contributed by atoms with Crippen LogP contribution in [0.15, 0.2) is 24.9 Å². The van der Waals surface area contributed by atoms with Crippen LogP contribution in [-0.4, -0.2) is 54.5 Å². The molecule has 0 saturated carbocycles. The molecule has 1 aliphatic rings. The standard InChI is InChI=1S/C15H19N7O2/c23-13(21-7-3-1-2-4-8-21)10-22-11-18-15(20-22)19-14(24)12-9-16-5-6-17-12/h5-6,9,11H,1-4,7-8,10H2,(H,19,20,24). The highest BCUT2D eigenvalue weighted by Crippen LogP contribution is 2.10. The number of likely N-dealkylation sites (tertiary alicyclic amines) is 1. The lowest BCUT2D eigenvalue weighted by Crippen LogP contribution is -2.34. The van der Waals surface area contributed by atoms with Gasteiger partial charge in [-0.1, -0.05) is 12.8 Å². The van der Waals surface area contributed by atoms with Gasteiger partial charge in [0, 0.05) is 25.5 Å². The fourth-order valence-corrected chi connectivity index (χ4v) is 2.57. The van der Waals surface area contributed by atoms with Crippen LogP contribution in [0.5, 0.6) is 0 Å². The second-order valence-electron chi connectivity index (χ2n) is 5.61. The van der Waals surface area contributed by atoms with E-state index < -0.39 is 5.91 Å². The van der Waals surface area contributed by atoms with E-state index >= 15 is 0 Å². The summed E-state index contributed by atoms with van der Waals surface area (Å²) in [6.07, 6.45) is 10.1. The number of aromatic nitrogens is 5. The fourth-order valence-electron chi connectivity index (χ4n) is 2.57. The van der Waals surface area contributed by atoms with Crippen molar-refractivity contribution < 1.29 is 9.59 Å². The highest BCUT2D eigenvalue weighted by Gasteiger charge is 2.17. The molecule has 126 valence electrons. The monoisotopic (exact) mass is 329 g/mol. The first-order valence-corrected chi connectivity index (χ1v) is 7.97. The first-order chi connectivity index (χ1) is 11.7. The highest BCUT2D eigenvalue weighted by molar-refractivity contribution is 6.01. The van der Waals surface area contributed by atoms with Gasteiger partial charge in [-0.2, -0.15) is 0 Å². The van der Waals surface area contributed by atoms with Crippen molar-refractivity contribution >= 4 is 17.8 Å². The Morgan fingerprint density at radius 1 is 1.08 bits per heavy atom. The van der Waals surface area contributed by atoms with Crippen LogP contribution in [0, 0.1) is 0 Å². The zero-order chi connectivity index (χ0) is 16.8. The molecule has 2 aromatic rings. The minimum Gasteiger partial charge on any atom is -0.341 e. The number of nitrogens with zero attached hydrogens (tertiary/aromatic N) is 6. The number of hydrogen-bond donors (Lipinski definition) is 1. The van der Waals surface area contributed by atoms with Gasteiger partial charge in [0.15, 0.2) is 0 Å². The summed E-state index contributed by atoms with van der Waals surface area (Å²) in [4.78, 5) is 37.9. The molecule has 24 heavy (non-hydrogen) atoms. The van der Waals surface area contributed by atoms with Crippen LogP contribution < -0.4 is 5.32 Å². The van der Waals surface area contributed by atoms with Crippen LogP contribution in [0.4, 0.5) is 5.95 Å². The molecule has 3 heterocycles. The average Bonchev–Trinajstić information content (AvgIpc) is 2.86. The number of hydrogen-bond acceptors (Lipinski definition) is 6. The molecule has 0 aliphatic carbocycles. The molecule has 9 nitrogen and oxygen atoms in total. The zero-order valence-electron chi connectivity index (χ0n) is 13.3. The van der Waals surface area contributed by atoms with Crippen molar-refractivity contribution in [3.8, 4) is 0 Å². The van der Waals surface area contributed by atoms with Crippen LogP contribution >= 0.6 is 0 Å². The topological polar surface area (TPSA) is 106 Å². The fraction of sp³-hybridized carbons (Fsp3) is 0.467. The molecule has 0 atom stereocenters. The smallest absolute Gasteiger partial charge is 0.278 e. The molecule has 1 fully saturated rings. The summed E-state index contributed by atoms with van der Waals surface area (Å²) in [7, 11) is 0. The van der Waals surface area contributed by atoms with Gasteiger partial charge < -0.3 is 4.90 Å². The first kappa shape index (κ1) is 16.0. The Bertz CT molecular complexity index is 693. The number of anilines is 1. The Balaban J connectivity index is 1.57. The minimum atomic E-state index is -0.445. The van der Waals surface area contributed by atoms with Crippen LogP contribution in [-0.2, 0) is 11.3 Å². The van der Waals surface area contributed by atoms with E-state index in [1.165, 1.54) is 42.4 Å². The number of nitrogens with one attached hydrogen (secondary N) is 1. The summed E-state index contributed by atoms with van der Waals surface area (Å²) in [5.41, 5.74) is 0.175. The van der Waals surface area contributed by atoms with Crippen molar-refractivity contribution in [1.29, 1.82) is 0 Å². The van der Waals surface area contributed by atoms with Gasteiger partial charge in [-0.05, 0) is 12.8 Å². The van der Waals surface area contributed by atoms with Crippen LogP contribution in [0.3, 0.4) is 0 Å². The molecule has 1 saturated heterocycles. The summed E-state index contributed by atoms with van der Waals surface area (Å²) in [6.45, 7) is 1.71. The van der Waals surface area contributed by atoms with Gasteiger partial charge in [0.05, 0.1) is 6.20 Å². The summed E-state index contributed by atoms with van der Waals surface area (Å²) in [6, 6.07) is 0. The molecule has 1 N–H and O–H groups in total.